The zero-order valence-corrected chi connectivity index (χ0v) is 19.7. The summed E-state index contributed by atoms with van der Waals surface area (Å²) in [5, 5.41) is 3.61. The van der Waals surface area contributed by atoms with Gasteiger partial charge >= 0.3 is 6.18 Å². The van der Waals surface area contributed by atoms with Crippen LogP contribution in [0.5, 0.6) is 0 Å². The number of aromatic nitrogens is 1. The predicted octanol–water partition coefficient (Wildman–Crippen LogP) is 6.81. The molecule has 1 amide bonds. The van der Waals surface area contributed by atoms with E-state index >= 15 is 0 Å². The van der Waals surface area contributed by atoms with Gasteiger partial charge < -0.3 is 10.2 Å². The maximum atomic E-state index is 13.2. The number of amides is 1. The monoisotopic (exact) mass is 489 g/mol. The molecule has 0 aliphatic carbocycles. The Labute approximate surface area is 207 Å². The number of fused-ring (bicyclic) bond motifs is 1. The van der Waals surface area contributed by atoms with Gasteiger partial charge in [-0.05, 0) is 73.8 Å². The molecule has 1 aliphatic heterocycles. The van der Waals surface area contributed by atoms with Gasteiger partial charge in [-0.15, -0.1) is 0 Å². The Balaban J connectivity index is 1.35. The van der Waals surface area contributed by atoms with Crippen LogP contribution in [0.2, 0.25) is 0 Å². The molecule has 0 unspecified atom stereocenters. The summed E-state index contributed by atoms with van der Waals surface area (Å²) >= 11 is 0. The molecule has 0 radical (unpaired) electrons. The number of likely N-dealkylation sites (tertiary alicyclic amines) is 1. The van der Waals surface area contributed by atoms with E-state index in [-0.39, 0.29) is 11.6 Å². The highest BCUT2D eigenvalue weighted by atomic mass is 19.4. The van der Waals surface area contributed by atoms with Crippen LogP contribution in [-0.4, -0.2) is 35.4 Å². The molecule has 36 heavy (non-hydrogen) atoms. The molecule has 7 heteroatoms. The molecule has 3 aromatic carbocycles. The minimum absolute atomic E-state index is 0.194. The Hall–Kier alpha value is -3.71. The maximum Gasteiger partial charge on any atom is 0.416 e. The van der Waals surface area contributed by atoms with Crippen LogP contribution in [0.1, 0.15) is 34.5 Å². The van der Waals surface area contributed by atoms with E-state index in [1.165, 1.54) is 37.6 Å². The maximum absolute atomic E-state index is 13.2. The molecule has 1 saturated heterocycles. The lowest BCUT2D eigenvalue weighted by Gasteiger charge is -2.14. The van der Waals surface area contributed by atoms with E-state index in [1.807, 2.05) is 30.3 Å². The summed E-state index contributed by atoms with van der Waals surface area (Å²) in [5.74, 6) is -0.374. The van der Waals surface area contributed by atoms with Crippen molar-refractivity contribution in [2.75, 3.05) is 25.0 Å². The second kappa shape index (κ2) is 10.1. The molecule has 1 aliphatic rings. The summed E-state index contributed by atoms with van der Waals surface area (Å²) in [6, 6.07) is 21.6. The second-order valence-electron chi connectivity index (χ2n) is 9.10. The summed E-state index contributed by atoms with van der Waals surface area (Å²) in [5.41, 5.74) is 2.75. The van der Waals surface area contributed by atoms with Crippen molar-refractivity contribution in [2.24, 2.45) is 0 Å². The van der Waals surface area contributed by atoms with Crippen molar-refractivity contribution < 1.29 is 18.0 Å². The van der Waals surface area contributed by atoms with Gasteiger partial charge in [0.1, 0.15) is 5.69 Å². The van der Waals surface area contributed by atoms with Gasteiger partial charge in [-0.1, -0.05) is 48.5 Å². The largest absolute Gasteiger partial charge is 0.416 e. The Bertz CT molecular complexity index is 1380. The van der Waals surface area contributed by atoms with Crippen molar-refractivity contribution in [2.45, 2.75) is 25.4 Å². The molecule has 184 valence electrons. The van der Waals surface area contributed by atoms with Crippen molar-refractivity contribution in [3.05, 3.63) is 95.7 Å². The van der Waals surface area contributed by atoms with Crippen LogP contribution in [0.15, 0.2) is 78.9 Å². The fourth-order valence-electron chi connectivity index (χ4n) is 4.61. The minimum Gasteiger partial charge on any atom is -0.321 e. The SMILES string of the molecule is O=C(Nc1ccc(CCN2CCCC2)cc1)c1ccc2cccc(-c3cccc(C(F)(F)F)c3)c2n1. The summed E-state index contributed by atoms with van der Waals surface area (Å²) in [7, 11) is 0. The molecule has 2 heterocycles. The van der Waals surface area contributed by atoms with Crippen LogP contribution < -0.4 is 5.32 Å². The average Bonchev–Trinajstić information content (AvgIpc) is 3.41. The summed E-state index contributed by atoms with van der Waals surface area (Å²) in [6.07, 6.45) is -0.925. The number of carbonyl (C=O) groups excluding carboxylic acids is 1. The number of para-hydroxylation sites is 1. The van der Waals surface area contributed by atoms with E-state index in [2.05, 4.69) is 15.2 Å². The minimum atomic E-state index is -4.44. The highest BCUT2D eigenvalue weighted by molar-refractivity contribution is 6.05. The average molecular weight is 490 g/mol. The third-order valence-electron chi connectivity index (χ3n) is 6.58. The predicted molar refractivity (Wildman–Crippen MR) is 136 cm³/mol. The van der Waals surface area contributed by atoms with Crippen LogP contribution in [0.25, 0.3) is 22.0 Å². The normalized spacial score (nSPS) is 14.3. The van der Waals surface area contributed by atoms with E-state index in [0.717, 1.165) is 30.5 Å². The van der Waals surface area contributed by atoms with Gasteiger partial charge in [0.25, 0.3) is 5.91 Å². The van der Waals surface area contributed by atoms with Crippen LogP contribution in [0.3, 0.4) is 0 Å². The van der Waals surface area contributed by atoms with E-state index in [9.17, 15) is 18.0 Å². The molecule has 4 aromatic rings. The third kappa shape index (κ3) is 5.41. The van der Waals surface area contributed by atoms with Gasteiger partial charge in [-0.2, -0.15) is 13.2 Å². The molecule has 1 N–H and O–H groups in total. The Kier molecular flexibility index (Phi) is 6.74. The number of hydrogen-bond acceptors (Lipinski definition) is 3. The van der Waals surface area contributed by atoms with E-state index in [1.54, 1.807) is 30.3 Å². The Morgan fingerprint density at radius 3 is 2.42 bits per heavy atom. The van der Waals surface area contributed by atoms with Crippen molar-refractivity contribution in [1.29, 1.82) is 0 Å². The smallest absolute Gasteiger partial charge is 0.321 e. The third-order valence-corrected chi connectivity index (χ3v) is 6.58. The lowest BCUT2D eigenvalue weighted by Crippen LogP contribution is -2.21. The van der Waals surface area contributed by atoms with Crippen LogP contribution in [0, 0.1) is 0 Å². The van der Waals surface area contributed by atoms with Crippen molar-refractivity contribution in [3.63, 3.8) is 0 Å². The van der Waals surface area contributed by atoms with Crippen molar-refractivity contribution in [3.8, 4) is 11.1 Å². The number of alkyl halides is 3. The number of nitrogens with one attached hydrogen (secondary N) is 1. The van der Waals surface area contributed by atoms with Crippen LogP contribution in [0.4, 0.5) is 18.9 Å². The molecule has 1 fully saturated rings. The first-order chi connectivity index (χ1) is 17.4. The standard InChI is InChI=1S/C29H26F3N3O/c30-29(31,32)23-7-3-6-22(19-23)25-8-4-5-21-11-14-26(34-27(21)25)28(36)33-24-12-9-20(10-13-24)15-18-35-16-1-2-17-35/h3-14,19H,1-2,15-18H2,(H,33,36). The lowest BCUT2D eigenvalue weighted by molar-refractivity contribution is -0.137. The zero-order valence-electron chi connectivity index (χ0n) is 19.7. The number of carbonyl (C=O) groups is 1. The van der Waals surface area contributed by atoms with Gasteiger partial charge in [-0.3, -0.25) is 4.79 Å². The molecule has 0 atom stereocenters. The molecule has 0 bridgehead atoms. The van der Waals surface area contributed by atoms with Gasteiger partial charge in [0.05, 0.1) is 11.1 Å². The van der Waals surface area contributed by atoms with Gasteiger partial charge in [-0.25, -0.2) is 4.98 Å². The molecule has 1 aromatic heterocycles. The second-order valence-corrected chi connectivity index (χ2v) is 9.10. The molecule has 0 spiro atoms. The van der Waals surface area contributed by atoms with E-state index in [4.69, 9.17) is 0 Å². The number of halogens is 3. The first kappa shape index (κ1) is 24.0. The van der Waals surface area contributed by atoms with Crippen molar-refractivity contribution in [1.82, 2.24) is 9.88 Å². The molecule has 0 saturated carbocycles. The van der Waals surface area contributed by atoms with Gasteiger partial charge in [0.2, 0.25) is 0 Å². The lowest BCUT2D eigenvalue weighted by atomic mass is 9.99. The topological polar surface area (TPSA) is 45.2 Å². The number of benzene rings is 3. The Morgan fingerprint density at radius 1 is 0.917 bits per heavy atom. The summed E-state index contributed by atoms with van der Waals surface area (Å²) < 4.78 is 39.7. The number of anilines is 1. The fourth-order valence-corrected chi connectivity index (χ4v) is 4.61. The van der Waals surface area contributed by atoms with Gasteiger partial charge in [0.15, 0.2) is 0 Å². The number of hydrogen-bond donors (Lipinski definition) is 1. The van der Waals surface area contributed by atoms with Crippen LogP contribution in [-0.2, 0) is 12.6 Å². The van der Waals surface area contributed by atoms with Crippen molar-refractivity contribution >= 4 is 22.5 Å². The molecular weight excluding hydrogens is 463 g/mol. The zero-order chi connectivity index (χ0) is 25.1. The number of rotatable bonds is 6. The molecule has 5 rings (SSSR count). The number of pyridine rings is 1. The quantitative estimate of drug-likeness (QED) is 0.324. The van der Waals surface area contributed by atoms with E-state index in [0.29, 0.717) is 22.3 Å². The molecular formula is C29H26F3N3O. The highest BCUT2D eigenvalue weighted by Gasteiger charge is 2.30. The summed E-state index contributed by atoms with van der Waals surface area (Å²) in [4.78, 5) is 19.9. The van der Waals surface area contributed by atoms with Gasteiger partial charge in [0, 0.05) is 23.2 Å². The first-order valence-electron chi connectivity index (χ1n) is 12.1. The molecule has 4 nitrogen and oxygen atoms in total. The summed E-state index contributed by atoms with van der Waals surface area (Å²) in [6.45, 7) is 3.38. The Morgan fingerprint density at radius 2 is 1.67 bits per heavy atom. The van der Waals surface area contributed by atoms with E-state index < -0.39 is 11.7 Å². The highest BCUT2D eigenvalue weighted by Crippen LogP contribution is 2.34. The first-order valence-corrected chi connectivity index (χ1v) is 12.1. The number of nitrogens with zero attached hydrogens (tertiary/aromatic N) is 2. The van der Waals surface area contributed by atoms with Crippen LogP contribution >= 0.6 is 0 Å². The fraction of sp³-hybridized carbons (Fsp3) is 0.241.